The monoisotopic (exact) mass is 401 g/mol. The summed E-state index contributed by atoms with van der Waals surface area (Å²) in [6, 6.07) is 26.3. The molecular weight excluding hydrogens is 378 g/mol. The van der Waals surface area contributed by atoms with Crippen molar-refractivity contribution in [3.8, 4) is 0 Å². The van der Waals surface area contributed by atoms with Crippen LogP contribution in [-0.2, 0) is 11.3 Å². The first kappa shape index (κ1) is 19.2. The Balaban J connectivity index is 1.69. The minimum Gasteiger partial charge on any atom is -0.358 e. The summed E-state index contributed by atoms with van der Waals surface area (Å²) in [5.41, 5.74) is 5.30. The molecule has 4 nitrogen and oxygen atoms in total. The van der Waals surface area contributed by atoms with Crippen molar-refractivity contribution in [3.05, 3.63) is 101 Å². The molecule has 3 aromatic carbocycles. The van der Waals surface area contributed by atoms with Crippen LogP contribution in [0.2, 0.25) is 0 Å². The van der Waals surface area contributed by atoms with Gasteiger partial charge in [0.25, 0.3) is 0 Å². The van der Waals surface area contributed by atoms with Crippen molar-refractivity contribution in [2.75, 3.05) is 11.9 Å². The van der Waals surface area contributed by atoms with Gasteiger partial charge < -0.3 is 15.5 Å². The summed E-state index contributed by atoms with van der Waals surface area (Å²) in [5.74, 6) is -0.0732. The Hall–Kier alpha value is -3.18. The van der Waals surface area contributed by atoms with Crippen LogP contribution in [0.25, 0.3) is 0 Å². The van der Waals surface area contributed by atoms with Crippen LogP contribution in [0.15, 0.2) is 78.9 Å². The van der Waals surface area contributed by atoms with Gasteiger partial charge in [0.2, 0.25) is 5.91 Å². The molecule has 5 heteroatoms. The molecule has 0 bridgehead atoms. The highest BCUT2D eigenvalue weighted by molar-refractivity contribution is 7.80. The molecule has 0 spiro atoms. The van der Waals surface area contributed by atoms with Gasteiger partial charge in [-0.2, -0.15) is 0 Å². The molecule has 0 radical (unpaired) electrons. The minimum absolute atomic E-state index is 0.0732. The third kappa shape index (κ3) is 4.30. The van der Waals surface area contributed by atoms with Gasteiger partial charge >= 0.3 is 0 Å². The summed E-state index contributed by atoms with van der Waals surface area (Å²) in [4.78, 5) is 14.6. The second-order valence-corrected chi connectivity index (χ2v) is 7.61. The summed E-state index contributed by atoms with van der Waals surface area (Å²) in [6.45, 7) is 2.87. The summed E-state index contributed by atoms with van der Waals surface area (Å²) >= 11 is 5.75. The van der Waals surface area contributed by atoms with Gasteiger partial charge in [0.15, 0.2) is 5.11 Å². The SMILES string of the molecule is Cc1ccc([C@@H]2c3ccccc3NC(=O)CN2C(=S)NCc2ccccc2)cc1. The van der Waals surface area contributed by atoms with E-state index in [2.05, 4.69) is 60.0 Å². The first-order chi connectivity index (χ1) is 14.1. The average Bonchev–Trinajstić information content (AvgIpc) is 2.89. The van der Waals surface area contributed by atoms with Crippen molar-refractivity contribution in [2.45, 2.75) is 19.5 Å². The Morgan fingerprint density at radius 2 is 1.72 bits per heavy atom. The molecule has 0 saturated carbocycles. The number of amides is 1. The predicted octanol–water partition coefficient (Wildman–Crippen LogP) is 4.41. The highest BCUT2D eigenvalue weighted by Gasteiger charge is 2.31. The maximum absolute atomic E-state index is 12.6. The Bertz CT molecular complexity index is 1020. The van der Waals surface area contributed by atoms with Crippen LogP contribution in [0, 0.1) is 6.92 Å². The average molecular weight is 402 g/mol. The molecule has 0 aromatic heterocycles. The van der Waals surface area contributed by atoms with Crippen molar-refractivity contribution in [2.24, 2.45) is 0 Å². The van der Waals surface area contributed by atoms with E-state index in [1.165, 1.54) is 5.56 Å². The number of para-hydroxylation sites is 1. The van der Waals surface area contributed by atoms with Crippen molar-refractivity contribution in [3.63, 3.8) is 0 Å². The number of carbonyl (C=O) groups excluding carboxylic acids is 1. The minimum atomic E-state index is -0.151. The molecule has 2 N–H and O–H groups in total. The van der Waals surface area contributed by atoms with Gasteiger partial charge in [0.1, 0.15) is 6.54 Å². The second-order valence-electron chi connectivity index (χ2n) is 7.22. The molecule has 0 saturated heterocycles. The van der Waals surface area contributed by atoms with Crippen molar-refractivity contribution in [1.82, 2.24) is 10.2 Å². The van der Waals surface area contributed by atoms with E-state index in [4.69, 9.17) is 12.2 Å². The number of benzene rings is 3. The summed E-state index contributed by atoms with van der Waals surface area (Å²) in [7, 11) is 0. The molecular formula is C24H23N3OS. The lowest BCUT2D eigenvalue weighted by Crippen LogP contribution is -2.44. The van der Waals surface area contributed by atoms with Gasteiger partial charge in [-0.05, 0) is 36.3 Å². The van der Waals surface area contributed by atoms with Gasteiger partial charge in [-0.15, -0.1) is 0 Å². The third-order valence-corrected chi connectivity index (χ3v) is 5.47. The van der Waals surface area contributed by atoms with E-state index in [0.717, 1.165) is 22.4 Å². The van der Waals surface area contributed by atoms with E-state index in [0.29, 0.717) is 11.7 Å². The van der Waals surface area contributed by atoms with E-state index in [-0.39, 0.29) is 18.5 Å². The molecule has 1 atom stereocenters. The first-order valence-corrected chi connectivity index (χ1v) is 10.1. The fraction of sp³-hybridized carbons (Fsp3) is 0.167. The van der Waals surface area contributed by atoms with Crippen LogP contribution < -0.4 is 10.6 Å². The number of nitrogens with zero attached hydrogens (tertiary/aromatic N) is 1. The lowest BCUT2D eigenvalue weighted by molar-refractivity contribution is -0.116. The molecule has 0 unspecified atom stereocenters. The van der Waals surface area contributed by atoms with Crippen LogP contribution in [0.5, 0.6) is 0 Å². The molecule has 4 rings (SSSR count). The number of hydrogen-bond donors (Lipinski definition) is 2. The molecule has 146 valence electrons. The first-order valence-electron chi connectivity index (χ1n) is 9.65. The number of carbonyl (C=O) groups is 1. The number of aryl methyl sites for hydroxylation is 1. The van der Waals surface area contributed by atoms with Crippen LogP contribution >= 0.6 is 12.2 Å². The summed E-state index contributed by atoms with van der Waals surface area (Å²) in [5, 5.41) is 6.92. The normalized spacial score (nSPS) is 15.8. The third-order valence-electron chi connectivity index (χ3n) is 5.10. The van der Waals surface area contributed by atoms with Gasteiger partial charge in [-0.25, -0.2) is 0 Å². The highest BCUT2D eigenvalue weighted by Crippen LogP contribution is 2.35. The van der Waals surface area contributed by atoms with Crippen LogP contribution in [0.3, 0.4) is 0 Å². The van der Waals surface area contributed by atoms with E-state index in [1.54, 1.807) is 0 Å². The van der Waals surface area contributed by atoms with Crippen molar-refractivity contribution >= 4 is 28.9 Å². The number of thiocarbonyl (C=S) groups is 1. The molecule has 0 fully saturated rings. The van der Waals surface area contributed by atoms with E-state index in [1.807, 2.05) is 41.3 Å². The maximum Gasteiger partial charge on any atom is 0.244 e. The number of rotatable bonds is 3. The van der Waals surface area contributed by atoms with Crippen LogP contribution in [-0.4, -0.2) is 22.5 Å². The highest BCUT2D eigenvalue weighted by atomic mass is 32.1. The van der Waals surface area contributed by atoms with Gasteiger partial charge in [-0.3, -0.25) is 4.79 Å². The van der Waals surface area contributed by atoms with Crippen LogP contribution in [0.4, 0.5) is 5.69 Å². The smallest absolute Gasteiger partial charge is 0.244 e. The molecule has 1 aliphatic heterocycles. The van der Waals surface area contributed by atoms with Gasteiger partial charge in [0, 0.05) is 17.8 Å². The van der Waals surface area contributed by atoms with E-state index < -0.39 is 0 Å². The fourth-order valence-electron chi connectivity index (χ4n) is 3.63. The summed E-state index contributed by atoms with van der Waals surface area (Å²) < 4.78 is 0. The standard InChI is InChI=1S/C24H23N3OS/c1-17-11-13-19(14-12-17)23-20-9-5-6-10-21(20)26-22(28)16-27(23)24(29)25-15-18-7-3-2-4-8-18/h2-14,23H,15-16H2,1H3,(H,25,29)(H,26,28)/t23-/m1/s1. The van der Waals surface area contributed by atoms with Crippen molar-refractivity contribution < 1.29 is 4.79 Å². The fourth-order valence-corrected chi connectivity index (χ4v) is 3.87. The van der Waals surface area contributed by atoms with E-state index in [9.17, 15) is 4.79 Å². The molecule has 1 aliphatic rings. The topological polar surface area (TPSA) is 44.4 Å². The van der Waals surface area contributed by atoms with Crippen LogP contribution in [0.1, 0.15) is 28.3 Å². The molecule has 1 heterocycles. The van der Waals surface area contributed by atoms with E-state index >= 15 is 0 Å². The molecule has 29 heavy (non-hydrogen) atoms. The Morgan fingerprint density at radius 3 is 2.48 bits per heavy atom. The number of fused-ring (bicyclic) bond motifs is 1. The second kappa shape index (κ2) is 8.45. The molecule has 3 aromatic rings. The largest absolute Gasteiger partial charge is 0.358 e. The Morgan fingerprint density at radius 1 is 1.03 bits per heavy atom. The quantitative estimate of drug-likeness (QED) is 0.638. The zero-order valence-electron chi connectivity index (χ0n) is 16.3. The molecule has 0 aliphatic carbocycles. The lowest BCUT2D eigenvalue weighted by atomic mass is 9.95. The molecule has 1 amide bonds. The number of nitrogens with one attached hydrogen (secondary N) is 2. The Kier molecular flexibility index (Phi) is 5.58. The number of anilines is 1. The van der Waals surface area contributed by atoms with Gasteiger partial charge in [-0.1, -0.05) is 78.4 Å². The van der Waals surface area contributed by atoms with Gasteiger partial charge in [0.05, 0.1) is 6.04 Å². The number of hydrogen-bond acceptors (Lipinski definition) is 2. The zero-order chi connectivity index (χ0) is 20.2. The van der Waals surface area contributed by atoms with Crippen molar-refractivity contribution in [1.29, 1.82) is 0 Å². The maximum atomic E-state index is 12.6. The summed E-state index contributed by atoms with van der Waals surface area (Å²) in [6.07, 6.45) is 0. The zero-order valence-corrected chi connectivity index (χ0v) is 17.1. The Labute approximate surface area is 176 Å². The predicted molar refractivity (Wildman–Crippen MR) is 121 cm³/mol. The lowest BCUT2D eigenvalue weighted by Gasteiger charge is -2.33.